The minimum absolute atomic E-state index is 0.0705. The Morgan fingerprint density at radius 1 is 1.41 bits per heavy atom. The average molecular weight is 232 g/mol. The molecule has 1 aromatic heterocycles. The van der Waals surface area contributed by atoms with Gasteiger partial charge < -0.3 is 10.6 Å². The van der Waals surface area contributed by atoms with E-state index in [4.69, 9.17) is 0 Å². The maximum atomic E-state index is 11.9. The number of rotatable bonds is 3. The van der Waals surface area contributed by atoms with E-state index in [1.54, 1.807) is 13.2 Å². The van der Waals surface area contributed by atoms with Gasteiger partial charge in [-0.05, 0) is 39.1 Å². The fourth-order valence-electron chi connectivity index (χ4n) is 1.42. The van der Waals surface area contributed by atoms with Gasteiger partial charge in [0.2, 0.25) is 5.91 Å². The molecule has 2 rings (SSSR count). The molecule has 5 nitrogen and oxygen atoms in total. The van der Waals surface area contributed by atoms with E-state index < -0.39 is 5.54 Å². The molecule has 1 aromatic carbocycles. The third-order valence-electron chi connectivity index (χ3n) is 2.89. The summed E-state index contributed by atoms with van der Waals surface area (Å²) < 4.78 is 0. The van der Waals surface area contributed by atoms with Gasteiger partial charge in [-0.3, -0.25) is 9.89 Å². The Balaban J connectivity index is 2.21. The molecule has 0 fully saturated rings. The number of hydrogen-bond acceptors (Lipinski definition) is 3. The van der Waals surface area contributed by atoms with Crippen LogP contribution in [0.2, 0.25) is 0 Å². The Bertz CT molecular complexity index is 544. The van der Waals surface area contributed by atoms with Crippen LogP contribution in [-0.2, 0) is 4.79 Å². The van der Waals surface area contributed by atoms with Crippen LogP contribution < -0.4 is 10.6 Å². The summed E-state index contributed by atoms with van der Waals surface area (Å²) in [5.74, 6) is -0.0705. The smallest absolute Gasteiger partial charge is 0.244 e. The van der Waals surface area contributed by atoms with Crippen molar-refractivity contribution in [1.29, 1.82) is 0 Å². The van der Waals surface area contributed by atoms with Crippen LogP contribution in [0.5, 0.6) is 0 Å². The molecule has 0 aliphatic rings. The van der Waals surface area contributed by atoms with Crippen LogP contribution in [0.25, 0.3) is 10.9 Å². The number of amides is 1. The number of nitrogens with one attached hydrogen (secondary N) is 3. The molecule has 0 unspecified atom stereocenters. The van der Waals surface area contributed by atoms with E-state index in [0.29, 0.717) is 0 Å². The average Bonchev–Trinajstić information content (AvgIpc) is 2.76. The van der Waals surface area contributed by atoms with E-state index in [-0.39, 0.29) is 5.91 Å². The van der Waals surface area contributed by atoms with E-state index in [2.05, 4.69) is 20.8 Å². The molecule has 0 saturated heterocycles. The first-order valence-electron chi connectivity index (χ1n) is 5.46. The second-order valence-electron chi connectivity index (χ2n) is 4.50. The molecule has 1 amide bonds. The number of nitrogens with zero attached hydrogens (tertiary/aromatic N) is 1. The molecule has 0 radical (unpaired) electrons. The molecular formula is C12H16N4O. The molecule has 2 aromatic rings. The van der Waals surface area contributed by atoms with Crippen LogP contribution in [0, 0.1) is 0 Å². The Morgan fingerprint density at radius 3 is 2.88 bits per heavy atom. The van der Waals surface area contributed by atoms with Gasteiger partial charge in [0.1, 0.15) is 0 Å². The van der Waals surface area contributed by atoms with Crippen molar-refractivity contribution >= 4 is 22.5 Å². The molecule has 0 atom stereocenters. The van der Waals surface area contributed by atoms with E-state index in [0.717, 1.165) is 16.6 Å². The highest BCUT2D eigenvalue weighted by atomic mass is 16.2. The van der Waals surface area contributed by atoms with Crippen LogP contribution in [0.15, 0.2) is 24.4 Å². The number of likely N-dealkylation sites (N-methyl/N-ethyl adjacent to an activating group) is 1. The molecule has 0 saturated carbocycles. The van der Waals surface area contributed by atoms with Gasteiger partial charge in [-0.25, -0.2) is 0 Å². The monoisotopic (exact) mass is 232 g/mol. The first-order chi connectivity index (χ1) is 8.03. The summed E-state index contributed by atoms with van der Waals surface area (Å²) in [6.45, 7) is 3.66. The zero-order valence-corrected chi connectivity index (χ0v) is 10.2. The van der Waals surface area contributed by atoms with E-state index in [1.165, 1.54) is 0 Å². The summed E-state index contributed by atoms with van der Waals surface area (Å²) in [7, 11) is 1.76. The van der Waals surface area contributed by atoms with E-state index in [9.17, 15) is 4.79 Å². The number of benzene rings is 1. The van der Waals surface area contributed by atoms with Crippen LogP contribution >= 0.6 is 0 Å². The lowest BCUT2D eigenvalue weighted by Crippen LogP contribution is -2.47. The Morgan fingerprint density at radius 2 is 2.18 bits per heavy atom. The SMILES string of the molecule is CNC(C)(C)C(=O)Nc1ccc2cn[nH]c2c1. The molecule has 3 N–H and O–H groups in total. The Hall–Kier alpha value is -1.88. The maximum Gasteiger partial charge on any atom is 0.244 e. The molecule has 0 aliphatic carbocycles. The second-order valence-corrected chi connectivity index (χ2v) is 4.50. The van der Waals surface area contributed by atoms with Gasteiger partial charge in [-0.2, -0.15) is 5.10 Å². The summed E-state index contributed by atoms with van der Waals surface area (Å²) in [6, 6.07) is 5.65. The number of fused-ring (bicyclic) bond motifs is 1. The molecule has 17 heavy (non-hydrogen) atoms. The van der Waals surface area contributed by atoms with Gasteiger partial charge in [-0.1, -0.05) is 0 Å². The molecule has 1 heterocycles. The van der Waals surface area contributed by atoms with Crippen molar-refractivity contribution in [2.45, 2.75) is 19.4 Å². The highest BCUT2D eigenvalue weighted by Crippen LogP contribution is 2.17. The van der Waals surface area contributed by atoms with Crippen LogP contribution in [0.1, 0.15) is 13.8 Å². The van der Waals surface area contributed by atoms with Gasteiger partial charge in [0.05, 0.1) is 17.3 Å². The van der Waals surface area contributed by atoms with Crippen molar-refractivity contribution in [2.75, 3.05) is 12.4 Å². The third kappa shape index (κ3) is 2.29. The summed E-state index contributed by atoms with van der Waals surface area (Å²) in [4.78, 5) is 11.9. The van der Waals surface area contributed by atoms with Gasteiger partial charge in [0.15, 0.2) is 0 Å². The molecular weight excluding hydrogens is 216 g/mol. The zero-order valence-electron chi connectivity index (χ0n) is 10.2. The largest absolute Gasteiger partial charge is 0.324 e. The summed E-state index contributed by atoms with van der Waals surface area (Å²) in [6.07, 6.45) is 1.75. The van der Waals surface area contributed by atoms with Gasteiger partial charge in [0, 0.05) is 11.1 Å². The fourth-order valence-corrected chi connectivity index (χ4v) is 1.42. The quantitative estimate of drug-likeness (QED) is 0.751. The van der Waals surface area contributed by atoms with E-state index >= 15 is 0 Å². The third-order valence-corrected chi connectivity index (χ3v) is 2.89. The predicted octanol–water partition coefficient (Wildman–Crippen LogP) is 1.50. The van der Waals surface area contributed by atoms with Crippen LogP contribution in [0.3, 0.4) is 0 Å². The fraction of sp³-hybridized carbons (Fsp3) is 0.333. The summed E-state index contributed by atoms with van der Waals surface area (Å²) >= 11 is 0. The first kappa shape index (κ1) is 11.6. The lowest BCUT2D eigenvalue weighted by molar-refractivity contribution is -0.121. The van der Waals surface area contributed by atoms with Crippen molar-refractivity contribution < 1.29 is 4.79 Å². The minimum atomic E-state index is -0.594. The predicted molar refractivity (Wildman–Crippen MR) is 67.9 cm³/mol. The number of hydrogen-bond donors (Lipinski definition) is 3. The van der Waals surface area contributed by atoms with Crippen LogP contribution in [-0.4, -0.2) is 28.7 Å². The normalized spacial score (nSPS) is 11.7. The number of anilines is 1. The summed E-state index contributed by atoms with van der Waals surface area (Å²) in [5, 5.41) is 13.7. The van der Waals surface area contributed by atoms with Crippen LogP contribution in [0.4, 0.5) is 5.69 Å². The van der Waals surface area contributed by atoms with Gasteiger partial charge in [0.25, 0.3) is 0 Å². The maximum absolute atomic E-state index is 11.9. The number of H-pyrrole nitrogens is 1. The minimum Gasteiger partial charge on any atom is -0.324 e. The topological polar surface area (TPSA) is 69.8 Å². The molecule has 90 valence electrons. The lowest BCUT2D eigenvalue weighted by Gasteiger charge is -2.22. The molecule has 0 spiro atoms. The molecule has 0 bridgehead atoms. The highest BCUT2D eigenvalue weighted by molar-refractivity contribution is 5.98. The van der Waals surface area contributed by atoms with Gasteiger partial charge >= 0.3 is 0 Å². The lowest BCUT2D eigenvalue weighted by atomic mass is 10.1. The number of aromatic nitrogens is 2. The number of aromatic amines is 1. The first-order valence-corrected chi connectivity index (χ1v) is 5.46. The van der Waals surface area contributed by atoms with E-state index in [1.807, 2.05) is 32.0 Å². The van der Waals surface area contributed by atoms with Crippen molar-refractivity contribution in [3.8, 4) is 0 Å². The molecule has 5 heteroatoms. The van der Waals surface area contributed by atoms with Crippen molar-refractivity contribution in [3.05, 3.63) is 24.4 Å². The van der Waals surface area contributed by atoms with Gasteiger partial charge in [-0.15, -0.1) is 0 Å². The van der Waals surface area contributed by atoms with Crippen molar-refractivity contribution in [2.24, 2.45) is 0 Å². The van der Waals surface area contributed by atoms with Crippen molar-refractivity contribution in [3.63, 3.8) is 0 Å². The number of carbonyl (C=O) groups excluding carboxylic acids is 1. The Labute approximate surface area is 99.6 Å². The molecule has 0 aliphatic heterocycles. The second kappa shape index (κ2) is 4.18. The summed E-state index contributed by atoms with van der Waals surface area (Å²) in [5.41, 5.74) is 1.07. The highest BCUT2D eigenvalue weighted by Gasteiger charge is 2.25. The van der Waals surface area contributed by atoms with Crippen molar-refractivity contribution in [1.82, 2.24) is 15.5 Å². The standard InChI is InChI=1S/C12H16N4O/c1-12(2,13-3)11(17)15-9-5-4-8-7-14-16-10(8)6-9/h4-7,13H,1-3H3,(H,14,16)(H,15,17). The Kier molecular flexibility index (Phi) is 2.85. The zero-order chi connectivity index (χ0) is 12.5. The number of carbonyl (C=O) groups is 1.